The van der Waals surface area contributed by atoms with E-state index in [0.717, 1.165) is 17.3 Å². The molecule has 2 heterocycles. The van der Waals surface area contributed by atoms with Crippen molar-refractivity contribution in [2.24, 2.45) is 0 Å². The Labute approximate surface area is 255 Å². The van der Waals surface area contributed by atoms with E-state index in [1.165, 1.54) is 9.36 Å². The Balaban J connectivity index is 1.81. The van der Waals surface area contributed by atoms with Gasteiger partial charge in [0.25, 0.3) is 11.1 Å². The van der Waals surface area contributed by atoms with Crippen molar-refractivity contribution >= 4 is 39.1 Å². The van der Waals surface area contributed by atoms with Gasteiger partial charge in [0.1, 0.15) is 5.75 Å². The Morgan fingerprint density at radius 3 is 1.83 bits per heavy atom. The van der Waals surface area contributed by atoms with Crippen LogP contribution in [-0.2, 0) is 0 Å². The van der Waals surface area contributed by atoms with E-state index in [-0.39, 0.29) is 11.1 Å². The summed E-state index contributed by atoms with van der Waals surface area (Å²) in [6.07, 6.45) is 1.83. The van der Waals surface area contributed by atoms with Gasteiger partial charge in [0.15, 0.2) is 0 Å². The highest BCUT2D eigenvalue weighted by atomic mass is 79.9. The molecule has 10 heteroatoms. The third-order valence-corrected chi connectivity index (χ3v) is 8.17. The third-order valence-electron chi connectivity index (χ3n) is 7.04. The number of hydrogen-bond donors (Lipinski definition) is 2. The van der Waals surface area contributed by atoms with Crippen LogP contribution >= 0.6 is 39.1 Å². The lowest BCUT2D eigenvalue weighted by molar-refractivity contribution is 0.306. The molecule has 0 atom stereocenters. The number of halogens is 3. The van der Waals surface area contributed by atoms with Crippen molar-refractivity contribution in [1.82, 2.24) is 19.6 Å². The summed E-state index contributed by atoms with van der Waals surface area (Å²) in [5.74, 6) is -0.177. The van der Waals surface area contributed by atoms with Gasteiger partial charge >= 0.3 is 0 Å². The zero-order valence-corrected chi connectivity index (χ0v) is 25.9. The summed E-state index contributed by atoms with van der Waals surface area (Å²) in [6, 6.07) is 19.9. The fourth-order valence-corrected chi connectivity index (χ4v) is 5.88. The molecule has 41 heavy (non-hydrogen) atoms. The van der Waals surface area contributed by atoms with Crippen molar-refractivity contribution in [1.29, 1.82) is 0 Å². The Morgan fingerprint density at radius 2 is 1.34 bits per heavy atom. The maximum atomic E-state index is 14.2. The highest BCUT2D eigenvalue weighted by Crippen LogP contribution is 2.39. The van der Waals surface area contributed by atoms with Crippen LogP contribution in [0.3, 0.4) is 0 Å². The summed E-state index contributed by atoms with van der Waals surface area (Å²) in [5.41, 5.74) is 3.11. The average Bonchev–Trinajstić information content (AvgIpc) is 3.40. The van der Waals surface area contributed by atoms with Crippen molar-refractivity contribution in [3.05, 3.63) is 130 Å². The van der Waals surface area contributed by atoms with Gasteiger partial charge in [-0.05, 0) is 62.7 Å². The van der Waals surface area contributed by atoms with Gasteiger partial charge in [-0.15, -0.1) is 0 Å². The molecule has 0 radical (unpaired) electrons. The van der Waals surface area contributed by atoms with E-state index in [0.29, 0.717) is 61.9 Å². The molecule has 0 bridgehead atoms. The predicted octanol–water partition coefficient (Wildman–Crippen LogP) is 7.69. The van der Waals surface area contributed by atoms with Crippen LogP contribution in [0.15, 0.2) is 80.8 Å². The molecule has 0 unspecified atom stereocenters. The summed E-state index contributed by atoms with van der Waals surface area (Å²) >= 11 is 16.6. The summed E-state index contributed by atoms with van der Waals surface area (Å²) in [7, 11) is 0. The molecule has 7 nitrogen and oxygen atoms in total. The first-order valence-corrected chi connectivity index (χ1v) is 14.8. The molecule has 0 amide bonds. The molecule has 5 aromatic rings. The SMILES string of the molecule is CCCCOc1ccc(Br)cc1C(c1c(C)[nH]n(-c2ccccc2Cl)c1=O)c1c(C)[nH]n(-c2ccccc2Cl)c1=O. The Morgan fingerprint density at radius 1 is 0.829 bits per heavy atom. The first-order chi connectivity index (χ1) is 19.7. The number of H-pyrrole nitrogens is 2. The Bertz CT molecular complexity index is 1730. The summed E-state index contributed by atoms with van der Waals surface area (Å²) in [6.45, 7) is 6.24. The molecule has 0 aliphatic heterocycles. The molecule has 5 rings (SSSR count). The first-order valence-electron chi connectivity index (χ1n) is 13.3. The zero-order chi connectivity index (χ0) is 29.3. The fourth-order valence-electron chi connectivity index (χ4n) is 5.06. The van der Waals surface area contributed by atoms with Gasteiger partial charge in [-0.2, -0.15) is 0 Å². The molecule has 2 aromatic heterocycles. The number of para-hydroxylation sites is 2. The number of benzene rings is 3. The number of nitrogens with one attached hydrogen (secondary N) is 2. The maximum Gasteiger partial charge on any atom is 0.275 e. The van der Waals surface area contributed by atoms with Crippen LogP contribution in [0.5, 0.6) is 5.75 Å². The minimum atomic E-state index is -0.774. The van der Waals surface area contributed by atoms with E-state index < -0.39 is 5.92 Å². The van der Waals surface area contributed by atoms with Crippen LogP contribution < -0.4 is 15.9 Å². The number of hydrogen-bond acceptors (Lipinski definition) is 3. The number of aromatic nitrogens is 4. The van der Waals surface area contributed by atoms with Gasteiger partial charge in [-0.3, -0.25) is 19.8 Å². The van der Waals surface area contributed by atoms with Gasteiger partial charge < -0.3 is 4.74 Å². The van der Waals surface area contributed by atoms with Crippen LogP contribution in [0.1, 0.15) is 53.8 Å². The first kappa shape index (κ1) is 29.0. The highest BCUT2D eigenvalue weighted by Gasteiger charge is 2.33. The molecule has 0 saturated heterocycles. The van der Waals surface area contributed by atoms with Crippen LogP contribution in [-0.4, -0.2) is 26.2 Å². The lowest BCUT2D eigenvalue weighted by atomic mass is 9.84. The van der Waals surface area contributed by atoms with Gasteiger partial charge in [-0.25, -0.2) is 9.36 Å². The number of unbranched alkanes of at least 4 members (excludes halogenated alkanes) is 1. The molecular formula is C31H29BrCl2N4O3. The highest BCUT2D eigenvalue weighted by molar-refractivity contribution is 9.10. The standard InChI is InChI=1S/C31H29BrCl2N4O3/c1-4-5-16-41-26-15-14-20(32)17-21(26)29(27-18(2)35-37(30(27)39)24-12-8-6-10-22(24)33)28-19(3)36-38(31(28)40)25-13-9-7-11-23(25)34/h6-15,17,29,35-36H,4-5,16H2,1-3H3. The van der Waals surface area contributed by atoms with Crippen molar-refractivity contribution < 1.29 is 4.74 Å². The fraction of sp³-hybridized carbons (Fsp3) is 0.226. The summed E-state index contributed by atoms with van der Waals surface area (Å²) in [5, 5.41) is 7.22. The second kappa shape index (κ2) is 12.2. The second-order valence-corrected chi connectivity index (χ2v) is 11.5. The topological polar surface area (TPSA) is 84.8 Å². The largest absolute Gasteiger partial charge is 0.493 e. The van der Waals surface area contributed by atoms with Gasteiger partial charge in [0.05, 0.1) is 45.1 Å². The molecule has 0 aliphatic rings. The minimum absolute atomic E-state index is 0.315. The van der Waals surface area contributed by atoms with Crippen LogP contribution in [0.4, 0.5) is 0 Å². The molecular weight excluding hydrogens is 627 g/mol. The molecule has 2 N–H and O–H groups in total. The summed E-state index contributed by atoms with van der Waals surface area (Å²) < 4.78 is 9.87. The summed E-state index contributed by atoms with van der Waals surface area (Å²) in [4.78, 5) is 28.4. The van der Waals surface area contributed by atoms with Crippen LogP contribution in [0.2, 0.25) is 10.0 Å². The van der Waals surface area contributed by atoms with Gasteiger partial charge in [-0.1, -0.05) is 76.7 Å². The van der Waals surface area contributed by atoms with Crippen molar-refractivity contribution in [3.63, 3.8) is 0 Å². The predicted molar refractivity (Wildman–Crippen MR) is 168 cm³/mol. The number of aromatic amines is 2. The average molecular weight is 656 g/mol. The normalized spacial score (nSPS) is 11.4. The Kier molecular flexibility index (Phi) is 8.63. The minimum Gasteiger partial charge on any atom is -0.493 e. The number of ether oxygens (including phenoxy) is 1. The van der Waals surface area contributed by atoms with E-state index in [2.05, 4.69) is 33.1 Å². The van der Waals surface area contributed by atoms with Crippen LogP contribution in [0, 0.1) is 13.8 Å². The maximum absolute atomic E-state index is 14.2. The second-order valence-electron chi connectivity index (χ2n) is 9.80. The molecule has 0 aliphatic carbocycles. The zero-order valence-electron chi connectivity index (χ0n) is 22.8. The van der Waals surface area contributed by atoms with E-state index in [9.17, 15) is 9.59 Å². The Hall–Kier alpha value is -3.46. The van der Waals surface area contributed by atoms with Crippen molar-refractivity contribution in [3.8, 4) is 17.1 Å². The number of nitrogens with zero attached hydrogens (tertiary/aromatic N) is 2. The molecule has 0 saturated carbocycles. The monoisotopic (exact) mass is 654 g/mol. The van der Waals surface area contributed by atoms with E-state index in [4.69, 9.17) is 27.9 Å². The lowest BCUT2D eigenvalue weighted by Crippen LogP contribution is -2.26. The van der Waals surface area contributed by atoms with Gasteiger partial charge in [0.2, 0.25) is 0 Å². The van der Waals surface area contributed by atoms with Crippen molar-refractivity contribution in [2.45, 2.75) is 39.5 Å². The van der Waals surface area contributed by atoms with E-state index >= 15 is 0 Å². The van der Waals surface area contributed by atoms with Gasteiger partial charge in [0, 0.05) is 21.4 Å². The quantitative estimate of drug-likeness (QED) is 0.160. The third kappa shape index (κ3) is 5.56. The smallest absolute Gasteiger partial charge is 0.275 e. The van der Waals surface area contributed by atoms with E-state index in [1.54, 1.807) is 36.4 Å². The molecule has 0 fully saturated rings. The van der Waals surface area contributed by atoms with Crippen LogP contribution in [0.25, 0.3) is 11.4 Å². The van der Waals surface area contributed by atoms with E-state index in [1.807, 2.05) is 44.2 Å². The molecule has 212 valence electrons. The molecule has 0 spiro atoms. The number of aryl methyl sites for hydroxylation is 2. The van der Waals surface area contributed by atoms with Crippen molar-refractivity contribution in [2.75, 3.05) is 6.61 Å². The number of rotatable bonds is 9. The molecule has 3 aromatic carbocycles. The lowest BCUT2D eigenvalue weighted by Gasteiger charge is -2.20.